The number of benzene rings is 1. The van der Waals surface area contributed by atoms with Crippen molar-refractivity contribution in [1.29, 1.82) is 0 Å². The van der Waals surface area contributed by atoms with Crippen molar-refractivity contribution in [3.8, 4) is 0 Å². The lowest BCUT2D eigenvalue weighted by molar-refractivity contribution is -0.119. The Labute approximate surface area is 149 Å². The summed E-state index contributed by atoms with van der Waals surface area (Å²) in [7, 11) is 0. The molecule has 0 radical (unpaired) electrons. The van der Waals surface area contributed by atoms with E-state index in [9.17, 15) is 9.59 Å². The number of ether oxygens (including phenoxy) is 1. The van der Waals surface area contributed by atoms with E-state index in [0.717, 1.165) is 25.7 Å². The second-order valence-electron chi connectivity index (χ2n) is 6.60. The number of carbonyl (C=O) groups excluding carboxylic acids is 2. The van der Waals surface area contributed by atoms with Crippen LogP contribution >= 0.6 is 0 Å². The Balaban J connectivity index is 1.65. The predicted octanol–water partition coefficient (Wildman–Crippen LogP) is 2.29. The first-order chi connectivity index (χ1) is 12.1. The predicted molar refractivity (Wildman–Crippen MR) is 97.4 cm³/mol. The van der Waals surface area contributed by atoms with Gasteiger partial charge in [-0.2, -0.15) is 0 Å². The number of hydrogen-bond donors (Lipinski definition) is 3. The number of urea groups is 1. The van der Waals surface area contributed by atoms with Gasteiger partial charge in [0.2, 0.25) is 5.91 Å². The van der Waals surface area contributed by atoms with E-state index >= 15 is 0 Å². The fourth-order valence-electron chi connectivity index (χ4n) is 2.99. The number of hydrogen-bond acceptors (Lipinski definition) is 4. The summed E-state index contributed by atoms with van der Waals surface area (Å²) in [5.41, 5.74) is 2.60. The van der Waals surface area contributed by atoms with Crippen LogP contribution in [0.4, 0.5) is 4.79 Å². The van der Waals surface area contributed by atoms with Gasteiger partial charge in [0.25, 0.3) is 0 Å². The van der Waals surface area contributed by atoms with Crippen LogP contribution in [0.5, 0.6) is 0 Å². The molecule has 1 aromatic carbocycles. The van der Waals surface area contributed by atoms with Crippen molar-refractivity contribution < 1.29 is 14.3 Å². The van der Waals surface area contributed by atoms with Crippen molar-refractivity contribution in [3.05, 3.63) is 35.4 Å². The molecule has 3 amide bonds. The highest BCUT2D eigenvalue weighted by Gasteiger charge is 2.20. The van der Waals surface area contributed by atoms with Gasteiger partial charge in [-0.15, -0.1) is 0 Å². The maximum atomic E-state index is 11.9. The second-order valence-corrected chi connectivity index (χ2v) is 6.60. The first kappa shape index (κ1) is 19.4. The summed E-state index contributed by atoms with van der Waals surface area (Å²) in [6.45, 7) is 5.14. The zero-order valence-electron chi connectivity index (χ0n) is 15.1. The fourth-order valence-corrected chi connectivity index (χ4v) is 2.99. The molecule has 3 N–H and O–H groups in total. The highest BCUT2D eigenvalue weighted by molar-refractivity contribution is 5.95. The van der Waals surface area contributed by atoms with Crippen molar-refractivity contribution in [3.63, 3.8) is 0 Å². The smallest absolute Gasteiger partial charge is 0.321 e. The summed E-state index contributed by atoms with van der Waals surface area (Å²) >= 11 is 0. The van der Waals surface area contributed by atoms with Crippen LogP contribution in [0.2, 0.25) is 0 Å². The summed E-state index contributed by atoms with van der Waals surface area (Å²) in [5.74, 6) is -0.320. The third-order valence-electron chi connectivity index (χ3n) is 4.19. The van der Waals surface area contributed by atoms with Gasteiger partial charge in [-0.25, -0.2) is 4.79 Å². The number of amides is 3. The van der Waals surface area contributed by atoms with E-state index < -0.39 is 6.03 Å². The molecular weight excluding hydrogens is 318 g/mol. The van der Waals surface area contributed by atoms with Gasteiger partial charge in [0.1, 0.15) is 0 Å². The van der Waals surface area contributed by atoms with E-state index in [1.54, 1.807) is 0 Å². The molecule has 6 nitrogen and oxygen atoms in total. The Morgan fingerprint density at radius 1 is 1.28 bits per heavy atom. The van der Waals surface area contributed by atoms with Gasteiger partial charge in [0.15, 0.2) is 0 Å². The molecule has 2 rings (SSSR count). The lowest BCUT2D eigenvalue weighted by Gasteiger charge is -2.26. The maximum Gasteiger partial charge on any atom is 0.321 e. The third kappa shape index (κ3) is 6.84. The Bertz CT molecular complexity index is 575. The molecule has 1 aromatic rings. The molecule has 6 heteroatoms. The molecule has 0 aliphatic heterocycles. The van der Waals surface area contributed by atoms with E-state index in [1.165, 1.54) is 11.1 Å². The second kappa shape index (κ2) is 10.2. The first-order valence-electron chi connectivity index (χ1n) is 9.06. The van der Waals surface area contributed by atoms with E-state index in [4.69, 9.17) is 4.74 Å². The Morgan fingerprint density at radius 2 is 2.08 bits per heavy atom. The molecule has 25 heavy (non-hydrogen) atoms. The molecule has 1 unspecified atom stereocenters. The number of carbonyl (C=O) groups is 2. The molecule has 1 aliphatic rings. The average Bonchev–Trinajstić information content (AvgIpc) is 2.59. The number of imide groups is 1. The largest absolute Gasteiger partial charge is 0.379 e. The van der Waals surface area contributed by atoms with Crippen LogP contribution < -0.4 is 16.0 Å². The molecule has 0 bridgehead atoms. The third-order valence-corrected chi connectivity index (χ3v) is 4.19. The quantitative estimate of drug-likeness (QED) is 0.631. The molecule has 138 valence electrons. The van der Waals surface area contributed by atoms with Crippen LogP contribution in [-0.2, 0) is 16.0 Å². The average molecular weight is 347 g/mol. The number of nitrogens with one attached hydrogen (secondary N) is 3. The molecule has 0 spiro atoms. The van der Waals surface area contributed by atoms with Crippen molar-refractivity contribution in [2.24, 2.45) is 0 Å². The molecule has 1 atom stereocenters. The first-order valence-corrected chi connectivity index (χ1v) is 9.06. The van der Waals surface area contributed by atoms with Gasteiger partial charge in [0, 0.05) is 19.2 Å². The maximum absolute atomic E-state index is 11.9. The van der Waals surface area contributed by atoms with E-state index in [0.29, 0.717) is 13.2 Å². The Kier molecular flexibility index (Phi) is 7.88. The molecule has 0 heterocycles. The van der Waals surface area contributed by atoms with Gasteiger partial charge >= 0.3 is 6.03 Å². The van der Waals surface area contributed by atoms with Crippen LogP contribution in [0, 0.1) is 0 Å². The van der Waals surface area contributed by atoms with Crippen LogP contribution in [0.15, 0.2) is 24.3 Å². The molecule has 0 aromatic heterocycles. The summed E-state index contributed by atoms with van der Waals surface area (Å²) in [6, 6.07) is 8.03. The molecular formula is C19H29N3O3. The fraction of sp³-hybridized carbons (Fsp3) is 0.579. The number of rotatable bonds is 8. The van der Waals surface area contributed by atoms with E-state index in [1.807, 2.05) is 26.0 Å². The van der Waals surface area contributed by atoms with Gasteiger partial charge in [-0.3, -0.25) is 10.1 Å². The van der Waals surface area contributed by atoms with Crippen LogP contribution in [0.1, 0.15) is 50.3 Å². The zero-order valence-corrected chi connectivity index (χ0v) is 15.1. The minimum atomic E-state index is -0.458. The summed E-state index contributed by atoms with van der Waals surface area (Å²) in [5, 5.41) is 8.27. The Morgan fingerprint density at radius 3 is 2.88 bits per heavy atom. The SMILES string of the molecule is CC(C)OCCCNC(=O)NC(=O)CNC1CCCc2ccccc21. The highest BCUT2D eigenvalue weighted by Crippen LogP contribution is 2.29. The Hall–Kier alpha value is -1.92. The van der Waals surface area contributed by atoms with Crippen molar-refractivity contribution in [1.82, 2.24) is 16.0 Å². The van der Waals surface area contributed by atoms with Crippen LogP contribution in [-0.4, -0.2) is 37.7 Å². The zero-order chi connectivity index (χ0) is 18.1. The standard InChI is InChI=1S/C19H29N3O3/c1-14(2)25-12-6-11-20-19(24)22-18(23)13-21-17-10-5-8-15-7-3-4-9-16(15)17/h3-4,7,9,14,17,21H,5-6,8,10-13H2,1-2H3,(H2,20,22,23,24). The van der Waals surface area contributed by atoms with Crippen molar-refractivity contribution in [2.45, 2.75) is 51.7 Å². The topological polar surface area (TPSA) is 79.5 Å². The van der Waals surface area contributed by atoms with Crippen LogP contribution in [0.25, 0.3) is 0 Å². The van der Waals surface area contributed by atoms with E-state index in [-0.39, 0.29) is 24.6 Å². The molecule has 0 fully saturated rings. The monoisotopic (exact) mass is 347 g/mol. The molecule has 0 saturated heterocycles. The summed E-state index contributed by atoms with van der Waals surface area (Å²) in [4.78, 5) is 23.6. The van der Waals surface area contributed by atoms with Crippen LogP contribution in [0.3, 0.4) is 0 Å². The molecule has 0 saturated carbocycles. The normalized spacial score (nSPS) is 16.4. The van der Waals surface area contributed by atoms with E-state index in [2.05, 4.69) is 28.1 Å². The molecule has 1 aliphatic carbocycles. The van der Waals surface area contributed by atoms with Gasteiger partial charge in [-0.05, 0) is 50.7 Å². The minimum Gasteiger partial charge on any atom is -0.379 e. The van der Waals surface area contributed by atoms with Gasteiger partial charge in [-0.1, -0.05) is 24.3 Å². The van der Waals surface area contributed by atoms with Crippen molar-refractivity contribution >= 4 is 11.9 Å². The summed E-state index contributed by atoms with van der Waals surface area (Å²) < 4.78 is 5.39. The van der Waals surface area contributed by atoms with Crippen molar-refractivity contribution in [2.75, 3.05) is 19.7 Å². The highest BCUT2D eigenvalue weighted by atomic mass is 16.5. The summed E-state index contributed by atoms with van der Waals surface area (Å²) in [6.07, 6.45) is 4.11. The lowest BCUT2D eigenvalue weighted by atomic mass is 9.88. The number of aryl methyl sites for hydroxylation is 1. The van der Waals surface area contributed by atoms with Gasteiger partial charge < -0.3 is 15.4 Å². The lowest BCUT2D eigenvalue weighted by Crippen LogP contribution is -2.44. The van der Waals surface area contributed by atoms with Gasteiger partial charge in [0.05, 0.1) is 12.6 Å². The minimum absolute atomic E-state index is 0.128. The number of fused-ring (bicyclic) bond motifs is 1.